The predicted octanol–water partition coefficient (Wildman–Crippen LogP) is 2.14. The molecule has 6 N–H and O–H groups in total. The molecule has 0 radical (unpaired) electrons. The van der Waals surface area contributed by atoms with Crippen LogP contribution >= 0.6 is 11.3 Å². The summed E-state index contributed by atoms with van der Waals surface area (Å²) in [6, 6.07) is 1.88. The number of likely N-dealkylation sites (N-methyl/N-ethyl adjacent to an activating group) is 1. The summed E-state index contributed by atoms with van der Waals surface area (Å²) in [4.78, 5) is 73.9. The summed E-state index contributed by atoms with van der Waals surface area (Å²) in [6.07, 6.45) is 4.74. The lowest BCUT2D eigenvalue weighted by atomic mass is 9.49. The third kappa shape index (κ3) is 4.16. The number of rotatable bonds is 5. The van der Waals surface area contributed by atoms with Gasteiger partial charge < -0.3 is 26.4 Å². The van der Waals surface area contributed by atoms with Crippen molar-refractivity contribution < 1.29 is 39.3 Å². The largest absolute Gasteiger partial charge is 0.505 e. The molecule has 2 unspecified atom stereocenters. The molecule has 4 bridgehead atoms. The zero-order valence-electron chi connectivity index (χ0n) is 27.0. The summed E-state index contributed by atoms with van der Waals surface area (Å²) in [7, 11) is 2.93. The number of phenolic OH excluding ortho intramolecular Hbond substituents is 1. The van der Waals surface area contributed by atoms with Crippen LogP contribution in [0.4, 0.5) is 10.8 Å². The lowest BCUT2D eigenvalue weighted by Gasteiger charge is -2.56. The number of ketones is 4. The molecule has 2 aromatic rings. The molecular formula is C35H40N4O8S. The molecule has 12 nitrogen and oxygen atoms in total. The highest BCUT2D eigenvalue weighted by Crippen LogP contribution is 2.60. The third-order valence-corrected chi connectivity index (χ3v) is 13.6. The smallest absolute Gasteiger partial charge is 0.235 e. The van der Waals surface area contributed by atoms with E-state index in [1.54, 1.807) is 19.1 Å². The normalized spacial score (nSPS) is 41.3. The number of phenols is 1. The number of aromatic nitrogens is 1. The number of primary amides is 1. The number of anilines is 2. The van der Waals surface area contributed by atoms with Crippen LogP contribution < -0.4 is 11.1 Å². The van der Waals surface area contributed by atoms with E-state index in [2.05, 4.69) is 10.7 Å². The molecule has 0 aliphatic heterocycles. The summed E-state index contributed by atoms with van der Waals surface area (Å²) < 4.78 is 0. The van der Waals surface area contributed by atoms with Gasteiger partial charge in [0.15, 0.2) is 39.8 Å². The number of amides is 1. The minimum Gasteiger partial charge on any atom is -0.505 e. The van der Waals surface area contributed by atoms with E-state index in [0.29, 0.717) is 28.4 Å². The highest BCUT2D eigenvalue weighted by Gasteiger charge is 2.73. The molecular weight excluding hydrogens is 636 g/mol. The fourth-order valence-electron chi connectivity index (χ4n) is 11.1. The molecule has 7 aliphatic rings. The van der Waals surface area contributed by atoms with Crippen LogP contribution in [0.5, 0.6) is 5.75 Å². The molecule has 6 fully saturated rings. The summed E-state index contributed by atoms with van der Waals surface area (Å²) in [5, 5.41) is 41.0. The Morgan fingerprint density at radius 1 is 1.04 bits per heavy atom. The Bertz CT molecular complexity index is 1760. The Hall–Kier alpha value is -3.52. The van der Waals surface area contributed by atoms with E-state index < -0.39 is 82.1 Å². The maximum Gasteiger partial charge on any atom is 0.235 e. The fraction of sp³-hybridized carbons (Fsp3) is 0.600. The minimum absolute atomic E-state index is 0.149. The number of fused-ring (bicyclic) bond motifs is 3. The number of hydrogen-bond acceptors (Lipinski definition) is 12. The van der Waals surface area contributed by atoms with Gasteiger partial charge in [-0.1, -0.05) is 13.0 Å². The Balaban J connectivity index is 1.13. The number of thiazole rings is 1. The second-order valence-corrected chi connectivity index (χ2v) is 16.3. The Labute approximate surface area is 281 Å². The average Bonchev–Trinajstić information content (AvgIpc) is 3.47. The lowest BCUT2D eigenvalue weighted by molar-refractivity contribution is -0.196. The van der Waals surface area contributed by atoms with Gasteiger partial charge in [0.2, 0.25) is 5.91 Å². The van der Waals surface area contributed by atoms with Crippen molar-refractivity contribution in [2.24, 2.45) is 53.1 Å². The molecule has 0 spiro atoms. The number of nitrogens with one attached hydrogen (secondary N) is 1. The van der Waals surface area contributed by atoms with Gasteiger partial charge in [-0.15, -0.1) is 11.3 Å². The summed E-state index contributed by atoms with van der Waals surface area (Å²) in [6.45, 7) is 1.69. The van der Waals surface area contributed by atoms with Crippen molar-refractivity contribution in [1.82, 2.24) is 9.88 Å². The highest BCUT2D eigenvalue weighted by atomic mass is 32.1. The third-order valence-electron chi connectivity index (χ3n) is 12.8. The molecule has 6 saturated carbocycles. The average molecular weight is 677 g/mol. The van der Waals surface area contributed by atoms with E-state index >= 15 is 0 Å². The van der Waals surface area contributed by atoms with Crippen molar-refractivity contribution in [3.63, 3.8) is 0 Å². The summed E-state index contributed by atoms with van der Waals surface area (Å²) >= 11 is 1.43. The molecule has 1 heterocycles. The van der Waals surface area contributed by atoms with E-state index in [4.69, 9.17) is 10.7 Å². The Morgan fingerprint density at radius 2 is 1.69 bits per heavy atom. The SMILES string of the molecule is C[C@@H]1c2ccc(Nc3nc(C4C5CC6CC(C5)CC4C6)cs3)c(O)c2C(=O)C2C(=O)[C@]3(O)C(=O)C(C(N)=O)C(=O)[C@@H](N(C)C)[C@H]3[C@H](O)[C@H]21. The first-order valence-electron chi connectivity index (χ1n) is 16.8. The van der Waals surface area contributed by atoms with E-state index in [-0.39, 0.29) is 11.3 Å². The molecule has 0 saturated heterocycles. The first-order valence-corrected chi connectivity index (χ1v) is 17.7. The molecule has 1 amide bonds. The number of nitrogens with two attached hydrogens (primary N) is 1. The van der Waals surface area contributed by atoms with Gasteiger partial charge in [-0.05, 0) is 87.4 Å². The molecule has 48 heavy (non-hydrogen) atoms. The van der Waals surface area contributed by atoms with Crippen LogP contribution in [0.25, 0.3) is 0 Å². The first kappa shape index (κ1) is 31.7. The van der Waals surface area contributed by atoms with Crippen molar-refractivity contribution in [1.29, 1.82) is 0 Å². The predicted molar refractivity (Wildman–Crippen MR) is 173 cm³/mol. The fourth-order valence-corrected chi connectivity index (χ4v) is 11.9. The number of carbonyl (C=O) groups excluding carboxylic acids is 5. The van der Waals surface area contributed by atoms with E-state index in [0.717, 1.165) is 17.5 Å². The number of carbonyl (C=O) groups is 5. The van der Waals surface area contributed by atoms with Crippen LogP contribution in [0, 0.1) is 47.3 Å². The number of nitrogens with zero attached hydrogens (tertiary/aromatic N) is 2. The number of hydrogen-bond donors (Lipinski definition) is 5. The molecule has 7 aliphatic carbocycles. The number of Topliss-reactive ketones (excluding diaryl/α,β-unsaturated/α-hetero) is 4. The number of aliphatic hydroxyl groups excluding tert-OH is 1. The topological polar surface area (TPSA) is 200 Å². The van der Waals surface area contributed by atoms with Gasteiger partial charge in [-0.3, -0.25) is 28.9 Å². The summed E-state index contributed by atoms with van der Waals surface area (Å²) in [5.74, 6) is -10.0. The van der Waals surface area contributed by atoms with Crippen molar-refractivity contribution in [2.75, 3.05) is 19.4 Å². The standard InChI is InChI=1S/C35H40N4O8S/c1-12-17-4-5-18(37-34-38-19(11-48-34)21-15-7-13-6-14(9-15)10-16(21)8-13)27(40)22(17)28(41)23-20(12)29(42)25-26(39(2)3)30(43)24(33(36)46)32(45)35(25,47)31(23)44/h4-5,11-16,20-21,23-26,29,40,42,47H,6-10H2,1-3H3,(H2,36,46)(H,37,38)/t12-,13?,14?,15?,16?,20+,21?,23?,24?,25+,26+,29-,35+/m1/s1. The lowest BCUT2D eigenvalue weighted by Crippen LogP contribution is -2.77. The molecule has 1 aromatic carbocycles. The number of benzene rings is 1. The zero-order chi connectivity index (χ0) is 34.1. The molecule has 1 aromatic heterocycles. The van der Waals surface area contributed by atoms with Gasteiger partial charge in [0.05, 0.1) is 40.9 Å². The summed E-state index contributed by atoms with van der Waals surface area (Å²) in [5.41, 5.74) is 3.87. The maximum atomic E-state index is 14.2. The van der Waals surface area contributed by atoms with Crippen molar-refractivity contribution in [2.45, 2.75) is 68.6 Å². The van der Waals surface area contributed by atoms with Gasteiger partial charge in [0.1, 0.15) is 5.75 Å². The van der Waals surface area contributed by atoms with Crippen LogP contribution in [0.15, 0.2) is 17.5 Å². The van der Waals surface area contributed by atoms with Crippen molar-refractivity contribution >= 4 is 51.2 Å². The molecule has 8 atom stereocenters. The molecule has 9 rings (SSSR count). The van der Waals surface area contributed by atoms with Gasteiger partial charge in [0.25, 0.3) is 0 Å². The quantitative estimate of drug-likeness (QED) is 0.230. The van der Waals surface area contributed by atoms with Crippen LogP contribution in [0.2, 0.25) is 0 Å². The second kappa shape index (κ2) is 10.7. The second-order valence-electron chi connectivity index (χ2n) is 15.5. The van der Waals surface area contributed by atoms with Crippen LogP contribution in [-0.4, -0.2) is 86.1 Å². The van der Waals surface area contributed by atoms with Crippen LogP contribution in [0.3, 0.4) is 0 Å². The maximum absolute atomic E-state index is 14.2. The Morgan fingerprint density at radius 3 is 2.29 bits per heavy atom. The van der Waals surface area contributed by atoms with Gasteiger partial charge in [-0.2, -0.15) is 0 Å². The molecule has 254 valence electrons. The Kier molecular flexibility index (Phi) is 7.10. The monoisotopic (exact) mass is 676 g/mol. The van der Waals surface area contributed by atoms with Crippen molar-refractivity contribution in [3.8, 4) is 5.75 Å². The van der Waals surface area contributed by atoms with Crippen molar-refractivity contribution in [3.05, 3.63) is 34.3 Å². The number of aromatic hydroxyl groups is 1. The molecule has 13 heteroatoms. The van der Waals surface area contributed by atoms with Gasteiger partial charge in [0, 0.05) is 17.2 Å². The van der Waals surface area contributed by atoms with E-state index in [9.17, 15) is 39.3 Å². The van der Waals surface area contributed by atoms with Crippen LogP contribution in [0.1, 0.15) is 72.5 Å². The zero-order valence-corrected chi connectivity index (χ0v) is 27.8. The first-order chi connectivity index (χ1) is 22.7. The van der Waals surface area contributed by atoms with E-state index in [1.165, 1.54) is 62.4 Å². The van der Waals surface area contributed by atoms with E-state index in [1.807, 2.05) is 0 Å². The number of aliphatic hydroxyl groups is 2. The highest BCUT2D eigenvalue weighted by molar-refractivity contribution is 7.13. The van der Waals surface area contributed by atoms with Crippen LogP contribution in [-0.2, 0) is 19.2 Å². The van der Waals surface area contributed by atoms with Gasteiger partial charge in [-0.25, -0.2) is 4.98 Å². The van der Waals surface area contributed by atoms with Gasteiger partial charge >= 0.3 is 0 Å². The minimum atomic E-state index is -3.03.